The van der Waals surface area contributed by atoms with Gasteiger partial charge < -0.3 is 0 Å². The van der Waals surface area contributed by atoms with Crippen molar-refractivity contribution in [2.75, 3.05) is 0 Å². The van der Waals surface area contributed by atoms with Crippen LogP contribution in [0.25, 0.3) is 0 Å². The summed E-state index contributed by atoms with van der Waals surface area (Å²) in [6, 6.07) is 0. The molecule has 3 aliphatic carbocycles. The van der Waals surface area contributed by atoms with Crippen molar-refractivity contribution < 1.29 is 0 Å². The van der Waals surface area contributed by atoms with Gasteiger partial charge in [-0.3, -0.25) is 0 Å². The lowest BCUT2D eigenvalue weighted by atomic mass is 9.18. The minimum Gasteiger partial charge on any atom is -0.0651 e. The molecule has 0 N–H and O–H groups in total. The number of rotatable bonds is 1. The van der Waals surface area contributed by atoms with E-state index in [-0.39, 0.29) is 0 Å². The van der Waals surface area contributed by atoms with Gasteiger partial charge in [-0.2, -0.15) is 0 Å². The highest BCUT2D eigenvalue weighted by Gasteiger charge is 2.81. The van der Waals surface area contributed by atoms with Crippen LogP contribution in [0.1, 0.15) is 47.5 Å². The Morgan fingerprint density at radius 3 is 2.29 bits per heavy atom. The zero-order valence-electron chi connectivity index (χ0n) is 10.3. The molecule has 0 aliphatic heterocycles. The molecule has 3 fully saturated rings. The molecule has 0 heterocycles. The molecule has 0 heteroatoms. The molecule has 0 aromatic rings. The maximum Gasteiger partial charge on any atom is -0.0204 e. The normalized spacial score (nSPS) is 69.6. The number of hydrogen-bond donors (Lipinski definition) is 0. The van der Waals surface area contributed by atoms with E-state index < -0.39 is 0 Å². The zero-order chi connectivity index (χ0) is 10.3. The minimum atomic E-state index is 0.718. The molecule has 3 aliphatic rings. The molecule has 0 amide bonds. The summed E-state index contributed by atoms with van der Waals surface area (Å²) in [5.74, 6) is 5.24. The van der Waals surface area contributed by atoms with Crippen LogP contribution in [0.15, 0.2) is 0 Å². The van der Waals surface area contributed by atoms with Gasteiger partial charge in [0.25, 0.3) is 0 Å². The van der Waals surface area contributed by atoms with E-state index in [4.69, 9.17) is 0 Å². The lowest BCUT2D eigenvalue weighted by Crippen LogP contribution is -2.82. The van der Waals surface area contributed by atoms with Crippen LogP contribution in [-0.4, -0.2) is 0 Å². The molecule has 3 rings (SSSR count). The summed E-state index contributed by atoms with van der Waals surface area (Å²) < 4.78 is 0. The van der Waals surface area contributed by atoms with Crippen molar-refractivity contribution in [1.29, 1.82) is 0 Å². The summed E-state index contributed by atoms with van der Waals surface area (Å²) in [5, 5.41) is 0. The van der Waals surface area contributed by atoms with E-state index in [1.807, 2.05) is 0 Å². The first-order valence-electron chi connectivity index (χ1n) is 6.49. The fourth-order valence-corrected chi connectivity index (χ4v) is 5.99. The third-order valence-electron chi connectivity index (χ3n) is 7.21. The van der Waals surface area contributed by atoms with Crippen molar-refractivity contribution >= 4 is 0 Å². The van der Waals surface area contributed by atoms with Gasteiger partial charge in [0.2, 0.25) is 0 Å². The Morgan fingerprint density at radius 1 is 1.14 bits per heavy atom. The van der Waals surface area contributed by atoms with Gasteiger partial charge in [0.1, 0.15) is 0 Å². The summed E-state index contributed by atoms with van der Waals surface area (Å²) >= 11 is 0. The highest BCUT2D eigenvalue weighted by molar-refractivity contribution is 5.29. The quantitative estimate of drug-likeness (QED) is 0.590. The lowest BCUT2D eigenvalue weighted by molar-refractivity contribution is -0.394. The average molecular weight is 192 g/mol. The minimum absolute atomic E-state index is 0.718. The second-order valence-electron chi connectivity index (χ2n) is 6.70. The van der Waals surface area contributed by atoms with Crippen LogP contribution < -0.4 is 0 Å². The molecular weight excluding hydrogens is 168 g/mol. The van der Waals surface area contributed by atoms with E-state index in [1.54, 1.807) is 0 Å². The average Bonchev–Trinajstić information content (AvgIpc) is 2.19. The van der Waals surface area contributed by atoms with E-state index in [1.165, 1.54) is 12.8 Å². The topological polar surface area (TPSA) is 0 Å². The van der Waals surface area contributed by atoms with Gasteiger partial charge in [0, 0.05) is 0 Å². The van der Waals surface area contributed by atoms with Crippen LogP contribution >= 0.6 is 0 Å². The number of fused-ring (bicyclic) bond motifs is 4. The van der Waals surface area contributed by atoms with Gasteiger partial charge in [-0.15, -0.1) is 0 Å². The van der Waals surface area contributed by atoms with Crippen LogP contribution in [0.2, 0.25) is 0 Å². The van der Waals surface area contributed by atoms with Crippen LogP contribution in [-0.2, 0) is 0 Å². The predicted octanol–water partition coefficient (Wildman–Crippen LogP) is 3.96. The van der Waals surface area contributed by atoms with Gasteiger partial charge in [-0.25, -0.2) is 0 Å². The first-order chi connectivity index (χ1) is 6.49. The van der Waals surface area contributed by atoms with E-state index in [0.717, 1.165) is 40.4 Å². The summed E-state index contributed by atoms with van der Waals surface area (Å²) in [7, 11) is 0. The predicted molar refractivity (Wildman–Crippen MR) is 59.9 cm³/mol. The third kappa shape index (κ3) is 0.558. The molecular formula is C14H24. The Balaban J connectivity index is 1.92. The fraction of sp³-hybridized carbons (Fsp3) is 1.00. The third-order valence-corrected chi connectivity index (χ3v) is 7.21. The molecule has 0 aromatic heterocycles. The first kappa shape index (κ1) is 9.24. The Hall–Kier alpha value is 0. The standard InChI is InChI=1S/C14H24/c1-6-10-9(3)14(5)12(10)11-7-8(2)13(11,14)4/h8-12H,6-7H2,1-5H3. The van der Waals surface area contributed by atoms with Crippen molar-refractivity contribution in [1.82, 2.24) is 0 Å². The summed E-state index contributed by atoms with van der Waals surface area (Å²) in [6.07, 6.45) is 2.95. The smallest absolute Gasteiger partial charge is 0.0204 e. The zero-order valence-corrected chi connectivity index (χ0v) is 10.3. The molecule has 14 heavy (non-hydrogen) atoms. The SMILES string of the molecule is CCC1C(C)C2(C)C1C1CC(C)C12C. The monoisotopic (exact) mass is 192 g/mol. The second kappa shape index (κ2) is 2.23. The van der Waals surface area contributed by atoms with Crippen molar-refractivity contribution in [3.8, 4) is 0 Å². The molecule has 7 atom stereocenters. The molecule has 0 radical (unpaired) electrons. The van der Waals surface area contributed by atoms with Crippen LogP contribution in [0.4, 0.5) is 0 Å². The van der Waals surface area contributed by atoms with Crippen molar-refractivity contribution in [3.05, 3.63) is 0 Å². The summed E-state index contributed by atoms with van der Waals surface area (Å²) in [6.45, 7) is 12.5. The van der Waals surface area contributed by atoms with Crippen molar-refractivity contribution in [2.45, 2.75) is 47.5 Å². The first-order valence-corrected chi connectivity index (χ1v) is 6.49. The summed E-state index contributed by atoms with van der Waals surface area (Å²) in [4.78, 5) is 0. The number of hydrogen-bond acceptors (Lipinski definition) is 0. The van der Waals surface area contributed by atoms with E-state index in [0.29, 0.717) is 0 Å². The highest BCUT2D eigenvalue weighted by Crippen LogP contribution is 2.86. The van der Waals surface area contributed by atoms with Gasteiger partial charge in [-0.05, 0) is 46.8 Å². The Bertz CT molecular complexity index is 282. The maximum atomic E-state index is 2.58. The molecule has 0 saturated heterocycles. The van der Waals surface area contributed by atoms with Crippen LogP contribution in [0, 0.1) is 40.4 Å². The molecule has 0 spiro atoms. The molecule has 0 nitrogen and oxygen atoms in total. The van der Waals surface area contributed by atoms with E-state index >= 15 is 0 Å². The van der Waals surface area contributed by atoms with Gasteiger partial charge in [0.15, 0.2) is 0 Å². The molecule has 0 bridgehead atoms. The molecule has 3 saturated carbocycles. The van der Waals surface area contributed by atoms with E-state index in [2.05, 4.69) is 34.6 Å². The second-order valence-corrected chi connectivity index (χ2v) is 6.70. The van der Waals surface area contributed by atoms with Gasteiger partial charge in [0.05, 0.1) is 0 Å². The molecule has 7 unspecified atom stereocenters. The van der Waals surface area contributed by atoms with Gasteiger partial charge in [-0.1, -0.05) is 41.0 Å². The largest absolute Gasteiger partial charge is 0.0651 e. The van der Waals surface area contributed by atoms with Crippen molar-refractivity contribution in [3.63, 3.8) is 0 Å². The van der Waals surface area contributed by atoms with E-state index in [9.17, 15) is 0 Å². The lowest BCUT2D eigenvalue weighted by Gasteiger charge is -2.87. The fourth-order valence-electron chi connectivity index (χ4n) is 5.99. The Morgan fingerprint density at radius 2 is 1.79 bits per heavy atom. The summed E-state index contributed by atoms with van der Waals surface area (Å²) in [5.41, 5.74) is 1.44. The molecule has 0 aromatic carbocycles. The highest BCUT2D eigenvalue weighted by atomic mass is 14.9. The van der Waals surface area contributed by atoms with Gasteiger partial charge >= 0.3 is 0 Å². The molecule has 80 valence electrons. The van der Waals surface area contributed by atoms with Crippen LogP contribution in [0.5, 0.6) is 0 Å². The maximum absolute atomic E-state index is 2.58. The Labute approximate surface area is 88.5 Å². The van der Waals surface area contributed by atoms with Crippen molar-refractivity contribution in [2.24, 2.45) is 40.4 Å². The van der Waals surface area contributed by atoms with Crippen LogP contribution in [0.3, 0.4) is 0 Å². The Kier molecular flexibility index (Phi) is 1.47.